The number of nitro benzene ring substituents is 1. The number of rotatable bonds is 5. The molecule has 0 bridgehead atoms. The first-order chi connectivity index (χ1) is 12.9. The van der Waals surface area contributed by atoms with Gasteiger partial charge in [-0.3, -0.25) is 19.8 Å². The molecule has 6 nitrogen and oxygen atoms in total. The van der Waals surface area contributed by atoms with E-state index in [9.17, 15) is 14.9 Å². The van der Waals surface area contributed by atoms with Crippen LogP contribution in [0.25, 0.3) is 0 Å². The fourth-order valence-corrected chi connectivity index (χ4v) is 3.93. The Labute approximate surface area is 159 Å². The Hall–Kier alpha value is -2.73. The van der Waals surface area contributed by atoms with E-state index in [4.69, 9.17) is 0 Å². The summed E-state index contributed by atoms with van der Waals surface area (Å²) in [6.45, 7) is 4.49. The van der Waals surface area contributed by atoms with Crippen molar-refractivity contribution in [1.29, 1.82) is 0 Å². The first-order valence-electron chi connectivity index (χ1n) is 9.23. The van der Waals surface area contributed by atoms with Gasteiger partial charge in [0, 0.05) is 43.9 Å². The van der Waals surface area contributed by atoms with Crippen molar-refractivity contribution in [3.8, 4) is 0 Å². The smallest absolute Gasteiger partial charge is 0.269 e. The summed E-state index contributed by atoms with van der Waals surface area (Å²) >= 11 is 0. The maximum atomic E-state index is 11.9. The number of non-ortho nitro benzene ring substituents is 1. The molecule has 0 unspecified atom stereocenters. The monoisotopic (exact) mass is 367 g/mol. The van der Waals surface area contributed by atoms with Gasteiger partial charge in [0.15, 0.2) is 0 Å². The van der Waals surface area contributed by atoms with Gasteiger partial charge in [0.1, 0.15) is 0 Å². The van der Waals surface area contributed by atoms with Crippen molar-refractivity contribution in [3.63, 3.8) is 0 Å². The third-order valence-corrected chi connectivity index (χ3v) is 5.48. The largest absolute Gasteiger partial charge is 0.315 e. The molecule has 2 aromatic rings. The Morgan fingerprint density at radius 2 is 1.96 bits per heavy atom. The van der Waals surface area contributed by atoms with E-state index in [1.165, 1.54) is 18.6 Å². The Balaban J connectivity index is 2.01. The van der Waals surface area contributed by atoms with Gasteiger partial charge in [0.05, 0.1) is 4.92 Å². The molecule has 0 saturated carbocycles. The highest BCUT2D eigenvalue weighted by Crippen LogP contribution is 2.41. The predicted molar refractivity (Wildman–Crippen MR) is 106 cm³/mol. The van der Waals surface area contributed by atoms with Crippen LogP contribution >= 0.6 is 0 Å². The van der Waals surface area contributed by atoms with Crippen LogP contribution in [-0.4, -0.2) is 29.3 Å². The molecule has 0 aromatic heterocycles. The molecule has 1 amide bonds. The summed E-state index contributed by atoms with van der Waals surface area (Å²) in [6, 6.07) is 15.3. The molecular weight excluding hydrogens is 342 g/mol. The van der Waals surface area contributed by atoms with Crippen molar-refractivity contribution in [1.82, 2.24) is 4.90 Å². The van der Waals surface area contributed by atoms with Crippen LogP contribution in [0.2, 0.25) is 0 Å². The zero-order chi connectivity index (χ0) is 19.6. The molecule has 0 radical (unpaired) electrons. The summed E-state index contributed by atoms with van der Waals surface area (Å²) in [6.07, 6.45) is 2.14. The second kappa shape index (κ2) is 7.88. The predicted octanol–water partition coefficient (Wildman–Crippen LogP) is 4.48. The van der Waals surface area contributed by atoms with Crippen LogP contribution in [0.1, 0.15) is 49.9 Å². The fourth-order valence-electron chi connectivity index (χ4n) is 3.93. The van der Waals surface area contributed by atoms with E-state index in [0.29, 0.717) is 0 Å². The summed E-state index contributed by atoms with van der Waals surface area (Å²) in [5.74, 6) is -0.0988. The molecule has 27 heavy (non-hydrogen) atoms. The normalized spacial score (nSPS) is 18.3. The Bertz CT molecular complexity index is 838. The van der Waals surface area contributed by atoms with Crippen LogP contribution in [0.4, 0.5) is 11.4 Å². The Morgan fingerprint density at radius 1 is 1.26 bits per heavy atom. The standard InChI is InChI=1S/C21H25N3O3/c1-15(23-13-7-10-20(23)17-8-5-4-6-9-17)19-14-18(24(26)27)11-12-21(19)22(3)16(2)25/h4-6,8-9,11-12,14-15,20H,7,10,13H2,1-3H3/t15-,20-/m0/s1. The number of nitrogens with zero attached hydrogens (tertiary/aromatic N) is 3. The second-order valence-electron chi connectivity index (χ2n) is 7.06. The van der Waals surface area contributed by atoms with E-state index in [-0.39, 0.29) is 28.6 Å². The van der Waals surface area contributed by atoms with Crippen LogP contribution in [0.15, 0.2) is 48.5 Å². The third kappa shape index (κ3) is 3.85. The second-order valence-corrected chi connectivity index (χ2v) is 7.06. The Kier molecular flexibility index (Phi) is 5.56. The lowest BCUT2D eigenvalue weighted by molar-refractivity contribution is -0.384. The number of amides is 1. The Morgan fingerprint density at radius 3 is 2.59 bits per heavy atom. The van der Waals surface area contributed by atoms with Crippen LogP contribution in [0.3, 0.4) is 0 Å². The molecule has 142 valence electrons. The van der Waals surface area contributed by atoms with E-state index < -0.39 is 0 Å². The summed E-state index contributed by atoms with van der Waals surface area (Å²) in [5.41, 5.74) is 2.84. The molecule has 0 aliphatic carbocycles. The van der Waals surface area contributed by atoms with Gasteiger partial charge in [-0.2, -0.15) is 0 Å². The topological polar surface area (TPSA) is 66.7 Å². The molecule has 0 spiro atoms. The van der Waals surface area contributed by atoms with E-state index in [2.05, 4.69) is 24.0 Å². The molecule has 3 rings (SSSR count). The minimum absolute atomic E-state index is 0.0468. The van der Waals surface area contributed by atoms with Crippen molar-refractivity contribution in [2.24, 2.45) is 0 Å². The lowest BCUT2D eigenvalue weighted by Gasteiger charge is -2.33. The molecule has 2 atom stereocenters. The summed E-state index contributed by atoms with van der Waals surface area (Å²) in [7, 11) is 1.71. The summed E-state index contributed by atoms with van der Waals surface area (Å²) in [4.78, 5) is 26.8. The van der Waals surface area contributed by atoms with Gasteiger partial charge >= 0.3 is 0 Å². The number of benzene rings is 2. The zero-order valence-electron chi connectivity index (χ0n) is 16.0. The number of likely N-dealkylation sites (tertiary alicyclic amines) is 1. The average Bonchev–Trinajstić information content (AvgIpc) is 3.16. The highest BCUT2D eigenvalue weighted by molar-refractivity contribution is 5.92. The highest BCUT2D eigenvalue weighted by atomic mass is 16.6. The van der Waals surface area contributed by atoms with E-state index >= 15 is 0 Å². The van der Waals surface area contributed by atoms with Gasteiger partial charge in [-0.05, 0) is 43.5 Å². The van der Waals surface area contributed by atoms with Gasteiger partial charge in [0.25, 0.3) is 5.69 Å². The summed E-state index contributed by atoms with van der Waals surface area (Å²) < 4.78 is 0. The maximum Gasteiger partial charge on any atom is 0.269 e. The quantitative estimate of drug-likeness (QED) is 0.577. The van der Waals surface area contributed by atoms with Crippen LogP contribution in [0, 0.1) is 10.1 Å². The van der Waals surface area contributed by atoms with Crippen molar-refractivity contribution in [2.75, 3.05) is 18.5 Å². The fraction of sp³-hybridized carbons (Fsp3) is 0.381. The lowest BCUT2D eigenvalue weighted by atomic mass is 9.99. The van der Waals surface area contributed by atoms with Gasteiger partial charge in [-0.15, -0.1) is 0 Å². The molecule has 1 fully saturated rings. The molecule has 2 aromatic carbocycles. The number of carbonyl (C=O) groups is 1. The van der Waals surface area contributed by atoms with Crippen molar-refractivity contribution >= 4 is 17.3 Å². The molecule has 1 heterocycles. The molecule has 1 saturated heterocycles. The van der Waals surface area contributed by atoms with Gasteiger partial charge < -0.3 is 4.90 Å². The van der Waals surface area contributed by atoms with Gasteiger partial charge in [-0.25, -0.2) is 0 Å². The SMILES string of the molecule is CC(=O)N(C)c1ccc([N+](=O)[O-])cc1[C@H](C)N1CCC[C@H]1c1ccccc1. The molecule has 0 N–H and O–H groups in total. The molecule has 6 heteroatoms. The first-order valence-corrected chi connectivity index (χ1v) is 9.23. The van der Waals surface area contributed by atoms with Crippen LogP contribution < -0.4 is 4.90 Å². The highest BCUT2D eigenvalue weighted by Gasteiger charge is 2.32. The minimum atomic E-state index is -0.383. The number of anilines is 1. The lowest BCUT2D eigenvalue weighted by Crippen LogP contribution is -2.30. The van der Waals surface area contributed by atoms with Crippen molar-refractivity contribution in [2.45, 2.75) is 38.8 Å². The van der Waals surface area contributed by atoms with E-state index in [0.717, 1.165) is 30.6 Å². The molecule has 1 aliphatic rings. The number of hydrogen-bond acceptors (Lipinski definition) is 4. The van der Waals surface area contributed by atoms with Crippen LogP contribution in [-0.2, 0) is 4.79 Å². The first kappa shape index (κ1) is 19.0. The molecule has 1 aliphatic heterocycles. The maximum absolute atomic E-state index is 11.9. The summed E-state index contributed by atoms with van der Waals surface area (Å²) in [5, 5.41) is 11.3. The van der Waals surface area contributed by atoms with Crippen molar-refractivity contribution in [3.05, 3.63) is 69.8 Å². The van der Waals surface area contributed by atoms with E-state index in [1.807, 2.05) is 18.2 Å². The van der Waals surface area contributed by atoms with Gasteiger partial charge in [0.2, 0.25) is 5.91 Å². The number of carbonyl (C=O) groups excluding carboxylic acids is 1. The zero-order valence-corrected chi connectivity index (χ0v) is 16.0. The molecular formula is C21H25N3O3. The third-order valence-electron chi connectivity index (χ3n) is 5.48. The van der Waals surface area contributed by atoms with E-state index in [1.54, 1.807) is 24.1 Å². The number of hydrogen-bond donors (Lipinski definition) is 0. The average molecular weight is 367 g/mol. The van der Waals surface area contributed by atoms with Crippen LogP contribution in [0.5, 0.6) is 0 Å². The van der Waals surface area contributed by atoms with Crippen molar-refractivity contribution < 1.29 is 9.72 Å². The van der Waals surface area contributed by atoms with Gasteiger partial charge in [-0.1, -0.05) is 30.3 Å². The number of nitro groups is 1. The minimum Gasteiger partial charge on any atom is -0.315 e.